The Bertz CT molecular complexity index is 450. The highest BCUT2D eigenvalue weighted by Crippen LogP contribution is 2.20. The van der Waals surface area contributed by atoms with Crippen molar-refractivity contribution in [2.75, 3.05) is 6.54 Å². The van der Waals surface area contributed by atoms with Crippen LogP contribution in [0.2, 0.25) is 0 Å². The number of nitrogens with one attached hydrogen (secondary N) is 2. The van der Waals surface area contributed by atoms with Crippen molar-refractivity contribution in [2.45, 2.75) is 51.0 Å². The molecule has 1 fully saturated rings. The van der Waals surface area contributed by atoms with Crippen LogP contribution in [-0.4, -0.2) is 35.4 Å². The summed E-state index contributed by atoms with van der Waals surface area (Å²) in [6.45, 7) is 4.40. The van der Waals surface area contributed by atoms with Gasteiger partial charge >= 0.3 is 6.09 Å². The van der Waals surface area contributed by atoms with E-state index in [1.807, 2.05) is 30.3 Å². The topological polar surface area (TPSA) is 70.6 Å². The molecule has 5 nitrogen and oxygen atoms in total. The lowest BCUT2D eigenvalue weighted by Gasteiger charge is -2.37. The van der Waals surface area contributed by atoms with Crippen molar-refractivity contribution in [3.05, 3.63) is 35.9 Å². The fourth-order valence-electron chi connectivity index (χ4n) is 2.23. The molecule has 1 aliphatic rings. The Morgan fingerprint density at radius 2 is 1.95 bits per heavy atom. The largest absolute Gasteiger partial charge is 0.445 e. The zero-order valence-electron chi connectivity index (χ0n) is 12.6. The van der Waals surface area contributed by atoms with E-state index in [0.29, 0.717) is 19.2 Å². The Labute approximate surface area is 125 Å². The van der Waals surface area contributed by atoms with E-state index in [-0.39, 0.29) is 12.1 Å². The molecule has 3 N–H and O–H groups in total. The van der Waals surface area contributed by atoms with Crippen molar-refractivity contribution in [1.29, 1.82) is 0 Å². The molecule has 0 atom stereocenters. The summed E-state index contributed by atoms with van der Waals surface area (Å²) in [4.78, 5) is 11.6. The van der Waals surface area contributed by atoms with Gasteiger partial charge in [0.05, 0.1) is 5.60 Å². The van der Waals surface area contributed by atoms with Crippen LogP contribution in [0.25, 0.3) is 0 Å². The van der Waals surface area contributed by atoms with Crippen LogP contribution in [-0.2, 0) is 11.3 Å². The number of benzene rings is 1. The van der Waals surface area contributed by atoms with Crippen molar-refractivity contribution in [1.82, 2.24) is 10.6 Å². The van der Waals surface area contributed by atoms with Crippen LogP contribution < -0.4 is 10.6 Å². The summed E-state index contributed by atoms with van der Waals surface area (Å²) in [5.41, 5.74) is 0.276. The van der Waals surface area contributed by atoms with Crippen molar-refractivity contribution in [3.8, 4) is 0 Å². The van der Waals surface area contributed by atoms with Crippen LogP contribution in [0.15, 0.2) is 30.3 Å². The molecule has 5 heteroatoms. The third kappa shape index (κ3) is 5.73. The minimum Gasteiger partial charge on any atom is -0.445 e. The van der Waals surface area contributed by atoms with E-state index >= 15 is 0 Å². The molecule has 116 valence electrons. The van der Waals surface area contributed by atoms with Crippen LogP contribution in [0.3, 0.4) is 0 Å². The second kappa shape index (κ2) is 6.91. The molecule has 2 rings (SSSR count). The highest BCUT2D eigenvalue weighted by molar-refractivity contribution is 5.67. The molecule has 0 spiro atoms. The molecule has 0 saturated heterocycles. The summed E-state index contributed by atoms with van der Waals surface area (Å²) in [6.07, 6.45) is 1.37. The fourth-order valence-corrected chi connectivity index (χ4v) is 2.23. The minimum atomic E-state index is -0.701. The molecule has 0 unspecified atom stereocenters. The average Bonchev–Trinajstić information content (AvgIpc) is 2.39. The molecule has 0 radical (unpaired) electrons. The van der Waals surface area contributed by atoms with Crippen molar-refractivity contribution in [3.63, 3.8) is 0 Å². The van der Waals surface area contributed by atoms with Gasteiger partial charge in [-0.25, -0.2) is 4.79 Å². The monoisotopic (exact) mass is 292 g/mol. The van der Waals surface area contributed by atoms with E-state index < -0.39 is 5.60 Å². The Morgan fingerprint density at radius 1 is 1.29 bits per heavy atom. The van der Waals surface area contributed by atoms with Crippen molar-refractivity contribution in [2.24, 2.45) is 0 Å². The van der Waals surface area contributed by atoms with Gasteiger partial charge in [-0.2, -0.15) is 0 Å². The molecule has 0 aliphatic heterocycles. The van der Waals surface area contributed by atoms with Gasteiger partial charge in [-0.1, -0.05) is 30.3 Å². The smallest absolute Gasteiger partial charge is 0.407 e. The van der Waals surface area contributed by atoms with Gasteiger partial charge in [0, 0.05) is 18.6 Å². The summed E-state index contributed by atoms with van der Waals surface area (Å²) in [7, 11) is 0. The van der Waals surface area contributed by atoms with Crippen LogP contribution >= 0.6 is 0 Å². The quantitative estimate of drug-likeness (QED) is 0.748. The zero-order valence-corrected chi connectivity index (χ0v) is 12.6. The van der Waals surface area contributed by atoms with E-state index in [4.69, 9.17) is 4.74 Å². The van der Waals surface area contributed by atoms with Gasteiger partial charge in [0.25, 0.3) is 0 Å². The van der Waals surface area contributed by atoms with Crippen molar-refractivity contribution >= 4 is 6.09 Å². The maximum absolute atomic E-state index is 11.6. The Hall–Kier alpha value is -1.59. The van der Waals surface area contributed by atoms with Gasteiger partial charge in [-0.15, -0.1) is 0 Å². The molecule has 0 heterocycles. The Morgan fingerprint density at radius 3 is 2.57 bits per heavy atom. The Kier molecular flexibility index (Phi) is 5.20. The zero-order chi connectivity index (χ0) is 15.3. The number of carbonyl (C=O) groups is 1. The van der Waals surface area contributed by atoms with Gasteiger partial charge in [0.15, 0.2) is 0 Å². The summed E-state index contributed by atoms with van der Waals surface area (Å²) in [6, 6.07) is 10.1. The molecular weight excluding hydrogens is 268 g/mol. The normalized spacial score (nSPS) is 21.5. The first-order valence-corrected chi connectivity index (χ1v) is 7.35. The molecule has 0 aromatic heterocycles. The van der Waals surface area contributed by atoms with E-state index in [2.05, 4.69) is 10.6 Å². The van der Waals surface area contributed by atoms with Crippen LogP contribution in [0.4, 0.5) is 4.79 Å². The standard InChI is InChI=1S/C16H24N2O3/c1-16(2,20)11-17-13-8-14(9-13)18-15(19)21-10-12-6-4-3-5-7-12/h3-7,13-14,17,20H,8-11H2,1-2H3,(H,18,19). The summed E-state index contributed by atoms with van der Waals surface area (Å²) in [5.74, 6) is 0. The average molecular weight is 292 g/mol. The molecule has 1 amide bonds. The van der Waals surface area contributed by atoms with Gasteiger partial charge in [0.1, 0.15) is 6.61 Å². The number of hydrogen-bond donors (Lipinski definition) is 3. The third-order valence-electron chi connectivity index (χ3n) is 3.50. The van der Waals surface area contributed by atoms with Crippen LogP contribution in [0.1, 0.15) is 32.3 Å². The predicted octanol–water partition coefficient (Wildman–Crippen LogP) is 1.80. The number of carbonyl (C=O) groups excluding carboxylic acids is 1. The van der Waals surface area contributed by atoms with E-state index in [1.165, 1.54) is 0 Å². The predicted molar refractivity (Wildman–Crippen MR) is 80.9 cm³/mol. The number of rotatable bonds is 6. The lowest BCUT2D eigenvalue weighted by atomic mass is 9.86. The van der Waals surface area contributed by atoms with E-state index in [1.54, 1.807) is 13.8 Å². The van der Waals surface area contributed by atoms with Gasteiger partial charge in [-0.3, -0.25) is 0 Å². The molecule has 0 bridgehead atoms. The van der Waals surface area contributed by atoms with Gasteiger partial charge in [0.2, 0.25) is 0 Å². The van der Waals surface area contributed by atoms with Crippen LogP contribution in [0.5, 0.6) is 0 Å². The van der Waals surface area contributed by atoms with E-state index in [9.17, 15) is 9.90 Å². The molecule has 1 aliphatic carbocycles. The summed E-state index contributed by atoms with van der Waals surface area (Å²) < 4.78 is 5.17. The lowest BCUT2D eigenvalue weighted by molar-refractivity contribution is 0.0684. The van der Waals surface area contributed by atoms with Gasteiger partial charge < -0.3 is 20.5 Å². The number of amides is 1. The maximum Gasteiger partial charge on any atom is 0.407 e. The first-order valence-electron chi connectivity index (χ1n) is 7.35. The maximum atomic E-state index is 11.6. The SMILES string of the molecule is CC(C)(O)CNC1CC(NC(=O)OCc2ccccc2)C1. The van der Waals surface area contributed by atoms with Crippen LogP contribution in [0, 0.1) is 0 Å². The number of hydrogen-bond acceptors (Lipinski definition) is 4. The molecule has 21 heavy (non-hydrogen) atoms. The Balaban J connectivity index is 1.58. The number of alkyl carbamates (subject to hydrolysis) is 1. The highest BCUT2D eigenvalue weighted by atomic mass is 16.5. The van der Waals surface area contributed by atoms with E-state index in [0.717, 1.165) is 18.4 Å². The second-order valence-corrected chi connectivity index (χ2v) is 6.26. The molecule has 1 saturated carbocycles. The summed E-state index contributed by atoms with van der Waals surface area (Å²) in [5, 5.41) is 15.8. The second-order valence-electron chi connectivity index (χ2n) is 6.26. The highest BCUT2D eigenvalue weighted by Gasteiger charge is 2.31. The summed E-state index contributed by atoms with van der Waals surface area (Å²) >= 11 is 0. The molecule has 1 aromatic rings. The van der Waals surface area contributed by atoms with Crippen molar-refractivity contribution < 1.29 is 14.6 Å². The first kappa shape index (κ1) is 15.8. The molecule has 1 aromatic carbocycles. The first-order chi connectivity index (χ1) is 9.92. The number of ether oxygens (including phenoxy) is 1. The lowest BCUT2D eigenvalue weighted by Crippen LogP contribution is -2.54. The van der Waals surface area contributed by atoms with Gasteiger partial charge in [-0.05, 0) is 32.3 Å². The third-order valence-corrected chi connectivity index (χ3v) is 3.50. The molecular formula is C16H24N2O3. The number of aliphatic hydroxyl groups is 1. The minimum absolute atomic E-state index is 0.160. The fraction of sp³-hybridized carbons (Fsp3) is 0.562.